The van der Waals surface area contributed by atoms with E-state index in [4.69, 9.17) is 5.73 Å². The Morgan fingerprint density at radius 2 is 1.71 bits per heavy atom. The maximum Gasteiger partial charge on any atom is 0.228 e. The molecule has 1 aromatic heterocycles. The molecule has 0 spiro atoms. The lowest BCUT2D eigenvalue weighted by atomic mass is 10.0. The van der Waals surface area contributed by atoms with Crippen LogP contribution in [0.1, 0.15) is 39.5 Å². The van der Waals surface area contributed by atoms with Crippen LogP contribution in [0.2, 0.25) is 0 Å². The average molecular weight is 473 g/mol. The van der Waals surface area contributed by atoms with Crippen molar-refractivity contribution in [2.24, 2.45) is 5.73 Å². The Labute approximate surface area is 201 Å². The Bertz CT molecular complexity index is 1330. The SMILES string of the molecule is CC(=O)NC(C(=O)c1nc2ccc(NC(=O)Cc3ccccc3)cc2s1)c1ccc(CN)cc1. The minimum absolute atomic E-state index is 0.127. The number of fused-ring (bicyclic) bond motifs is 1. The summed E-state index contributed by atoms with van der Waals surface area (Å²) < 4.78 is 0.765. The molecule has 2 amide bonds. The standard InChI is InChI=1S/C26H24N4O3S/c1-16(31)28-24(19-9-7-18(15-27)8-10-19)25(33)26-30-21-12-11-20(14-22(21)34-26)29-23(32)13-17-5-3-2-4-6-17/h2-12,14,24H,13,15,27H2,1H3,(H,28,31)(H,29,32). The van der Waals surface area contributed by atoms with E-state index in [1.807, 2.05) is 42.5 Å². The highest BCUT2D eigenvalue weighted by Crippen LogP contribution is 2.29. The van der Waals surface area contributed by atoms with Gasteiger partial charge in [0.15, 0.2) is 5.01 Å². The molecule has 4 rings (SSSR count). The van der Waals surface area contributed by atoms with E-state index in [0.717, 1.165) is 15.8 Å². The van der Waals surface area contributed by atoms with Crippen molar-refractivity contribution in [1.82, 2.24) is 10.3 Å². The van der Waals surface area contributed by atoms with Crippen LogP contribution in [0.3, 0.4) is 0 Å². The Kier molecular flexibility index (Phi) is 7.10. The van der Waals surface area contributed by atoms with Gasteiger partial charge < -0.3 is 16.4 Å². The third kappa shape index (κ3) is 5.54. The van der Waals surface area contributed by atoms with Gasteiger partial charge in [-0.1, -0.05) is 54.6 Å². The molecule has 4 aromatic rings. The predicted molar refractivity (Wildman–Crippen MR) is 134 cm³/mol. The van der Waals surface area contributed by atoms with Gasteiger partial charge in [-0.25, -0.2) is 4.98 Å². The average Bonchev–Trinajstić information content (AvgIpc) is 3.26. The molecule has 3 aromatic carbocycles. The first-order chi connectivity index (χ1) is 16.4. The minimum Gasteiger partial charge on any atom is -0.342 e. The summed E-state index contributed by atoms with van der Waals surface area (Å²) in [5.74, 6) is -0.740. The summed E-state index contributed by atoms with van der Waals surface area (Å²) in [5, 5.41) is 5.90. The van der Waals surface area contributed by atoms with E-state index in [9.17, 15) is 14.4 Å². The van der Waals surface area contributed by atoms with Gasteiger partial charge >= 0.3 is 0 Å². The van der Waals surface area contributed by atoms with Crippen molar-refractivity contribution in [3.63, 3.8) is 0 Å². The lowest BCUT2D eigenvalue weighted by molar-refractivity contribution is -0.119. The molecule has 172 valence electrons. The number of thiazole rings is 1. The van der Waals surface area contributed by atoms with Crippen molar-refractivity contribution < 1.29 is 14.4 Å². The molecule has 4 N–H and O–H groups in total. The lowest BCUT2D eigenvalue weighted by Gasteiger charge is -2.16. The number of nitrogens with one attached hydrogen (secondary N) is 2. The van der Waals surface area contributed by atoms with Crippen LogP contribution in [-0.4, -0.2) is 22.6 Å². The Hall–Kier alpha value is -3.88. The highest BCUT2D eigenvalue weighted by molar-refractivity contribution is 7.20. The van der Waals surface area contributed by atoms with E-state index in [-0.39, 0.29) is 29.0 Å². The molecule has 8 heteroatoms. The summed E-state index contributed by atoms with van der Waals surface area (Å²) in [7, 11) is 0. The molecule has 0 saturated carbocycles. The zero-order chi connectivity index (χ0) is 24.1. The zero-order valence-corrected chi connectivity index (χ0v) is 19.4. The fourth-order valence-electron chi connectivity index (χ4n) is 3.57. The normalized spacial score (nSPS) is 11.7. The van der Waals surface area contributed by atoms with Crippen molar-refractivity contribution in [1.29, 1.82) is 0 Å². The monoisotopic (exact) mass is 472 g/mol. The number of nitrogens with zero attached hydrogens (tertiary/aromatic N) is 1. The minimum atomic E-state index is -0.852. The molecular weight excluding hydrogens is 448 g/mol. The Morgan fingerprint density at radius 1 is 0.971 bits per heavy atom. The van der Waals surface area contributed by atoms with Crippen LogP contribution in [0.15, 0.2) is 72.8 Å². The Morgan fingerprint density at radius 3 is 2.38 bits per heavy atom. The predicted octanol–water partition coefficient (Wildman–Crippen LogP) is 4.00. The van der Waals surface area contributed by atoms with E-state index >= 15 is 0 Å². The molecule has 0 bridgehead atoms. The van der Waals surface area contributed by atoms with E-state index in [1.54, 1.807) is 30.3 Å². The summed E-state index contributed by atoms with van der Waals surface area (Å²) in [4.78, 5) is 42.0. The van der Waals surface area contributed by atoms with Gasteiger partial charge in [0.2, 0.25) is 17.6 Å². The molecule has 0 saturated heterocycles. The number of carbonyl (C=O) groups is 3. The second-order valence-corrected chi connectivity index (χ2v) is 8.89. The number of amides is 2. The first-order valence-electron chi connectivity index (χ1n) is 10.8. The molecule has 34 heavy (non-hydrogen) atoms. The number of hydrogen-bond donors (Lipinski definition) is 3. The van der Waals surface area contributed by atoms with Crippen molar-refractivity contribution in [3.05, 3.63) is 94.5 Å². The van der Waals surface area contributed by atoms with Crippen LogP contribution >= 0.6 is 11.3 Å². The van der Waals surface area contributed by atoms with Gasteiger partial charge in [-0.2, -0.15) is 0 Å². The van der Waals surface area contributed by atoms with Crippen LogP contribution in [-0.2, 0) is 22.6 Å². The number of benzene rings is 3. The highest BCUT2D eigenvalue weighted by atomic mass is 32.1. The van der Waals surface area contributed by atoms with Gasteiger partial charge in [-0.15, -0.1) is 11.3 Å². The summed E-state index contributed by atoms with van der Waals surface area (Å²) in [6, 6.07) is 21.2. The summed E-state index contributed by atoms with van der Waals surface area (Å²) in [6.45, 7) is 1.76. The third-order valence-corrected chi connectivity index (χ3v) is 6.28. The van der Waals surface area contributed by atoms with E-state index in [2.05, 4.69) is 15.6 Å². The second-order valence-electron chi connectivity index (χ2n) is 7.86. The van der Waals surface area contributed by atoms with Gasteiger partial charge in [-0.3, -0.25) is 14.4 Å². The third-order valence-electron chi connectivity index (χ3n) is 5.25. The van der Waals surface area contributed by atoms with Gasteiger partial charge in [0, 0.05) is 19.2 Å². The van der Waals surface area contributed by atoms with E-state index in [0.29, 0.717) is 23.3 Å². The molecule has 0 aliphatic carbocycles. The highest BCUT2D eigenvalue weighted by Gasteiger charge is 2.26. The molecule has 0 radical (unpaired) electrons. The van der Waals surface area contributed by atoms with Crippen molar-refractivity contribution in [2.75, 3.05) is 5.32 Å². The van der Waals surface area contributed by atoms with Crippen LogP contribution in [0, 0.1) is 0 Å². The van der Waals surface area contributed by atoms with Gasteiger partial charge in [-0.05, 0) is 34.9 Å². The number of rotatable bonds is 8. The quantitative estimate of drug-likeness (QED) is 0.336. The zero-order valence-electron chi connectivity index (χ0n) is 18.6. The maximum atomic E-state index is 13.3. The lowest BCUT2D eigenvalue weighted by Crippen LogP contribution is -2.32. The summed E-state index contributed by atoms with van der Waals surface area (Å²) in [5.41, 5.74) is 9.45. The van der Waals surface area contributed by atoms with E-state index in [1.165, 1.54) is 18.3 Å². The second kappa shape index (κ2) is 10.4. The van der Waals surface area contributed by atoms with Crippen molar-refractivity contribution >= 4 is 44.8 Å². The fraction of sp³-hybridized carbons (Fsp3) is 0.154. The van der Waals surface area contributed by atoms with Crippen LogP contribution < -0.4 is 16.4 Å². The molecule has 1 unspecified atom stereocenters. The first-order valence-corrected chi connectivity index (χ1v) is 11.6. The fourth-order valence-corrected chi connectivity index (χ4v) is 4.54. The van der Waals surface area contributed by atoms with Crippen LogP contribution in [0.25, 0.3) is 10.2 Å². The molecule has 0 aliphatic heterocycles. The van der Waals surface area contributed by atoms with Crippen molar-refractivity contribution in [2.45, 2.75) is 25.9 Å². The van der Waals surface area contributed by atoms with Crippen LogP contribution in [0.5, 0.6) is 0 Å². The molecular formula is C26H24N4O3S. The largest absolute Gasteiger partial charge is 0.342 e. The molecule has 7 nitrogen and oxygen atoms in total. The Balaban J connectivity index is 1.54. The number of nitrogens with two attached hydrogens (primary N) is 1. The number of carbonyl (C=O) groups excluding carboxylic acids is 3. The summed E-state index contributed by atoms with van der Waals surface area (Å²) in [6.07, 6.45) is 0.270. The van der Waals surface area contributed by atoms with Gasteiger partial charge in [0.05, 0.1) is 16.6 Å². The number of ketones is 1. The number of hydrogen-bond acceptors (Lipinski definition) is 6. The number of anilines is 1. The smallest absolute Gasteiger partial charge is 0.228 e. The van der Waals surface area contributed by atoms with Crippen molar-refractivity contribution in [3.8, 4) is 0 Å². The molecule has 1 atom stereocenters. The molecule has 0 aliphatic rings. The topological polar surface area (TPSA) is 114 Å². The first kappa shape index (κ1) is 23.3. The van der Waals surface area contributed by atoms with Crippen LogP contribution in [0.4, 0.5) is 5.69 Å². The van der Waals surface area contributed by atoms with Gasteiger partial charge in [0.25, 0.3) is 0 Å². The maximum absolute atomic E-state index is 13.3. The molecule has 0 fully saturated rings. The number of Topliss-reactive ketones (excluding diaryl/α,β-unsaturated/α-hetero) is 1. The van der Waals surface area contributed by atoms with E-state index < -0.39 is 6.04 Å². The summed E-state index contributed by atoms with van der Waals surface area (Å²) >= 11 is 1.23. The number of aromatic nitrogens is 1. The molecule has 1 heterocycles. The van der Waals surface area contributed by atoms with Gasteiger partial charge in [0.1, 0.15) is 6.04 Å².